The van der Waals surface area contributed by atoms with Crippen molar-refractivity contribution < 1.29 is 0 Å². The summed E-state index contributed by atoms with van der Waals surface area (Å²) in [4.78, 5) is 2.51. The fourth-order valence-electron chi connectivity index (χ4n) is 3.09. The van der Waals surface area contributed by atoms with Gasteiger partial charge in [0.2, 0.25) is 0 Å². The molecule has 1 unspecified atom stereocenters. The predicted octanol–water partition coefficient (Wildman–Crippen LogP) is 2.52. The van der Waals surface area contributed by atoms with Crippen molar-refractivity contribution in [3.63, 3.8) is 0 Å². The number of benzene rings is 1. The Balaban J connectivity index is 1.55. The molecule has 0 radical (unpaired) electrons. The molecular weight excluding hydrogens is 246 g/mol. The Kier molecular flexibility index (Phi) is 4.34. The highest BCUT2D eigenvalue weighted by Gasteiger charge is 2.24. The molecule has 0 amide bonds. The molecule has 20 heavy (non-hydrogen) atoms. The van der Waals surface area contributed by atoms with Crippen LogP contribution in [0.25, 0.3) is 0 Å². The number of piperidine rings is 1. The summed E-state index contributed by atoms with van der Waals surface area (Å²) in [5.41, 5.74) is 2.00. The normalized spacial score (nSPS) is 23.4. The van der Waals surface area contributed by atoms with Gasteiger partial charge in [-0.05, 0) is 56.3 Å². The van der Waals surface area contributed by atoms with Gasteiger partial charge in [-0.15, -0.1) is 0 Å². The topological polar surface area (TPSA) is 39.1 Å². The van der Waals surface area contributed by atoms with E-state index in [2.05, 4.69) is 22.4 Å². The molecule has 1 saturated carbocycles. The standard InChI is InChI=1S/C17H23N3/c18-10-15-5-1-2-6-16(15)13-20-9-3-4-14(12-20)11-19-17-7-8-17/h1-2,5-6,14,17,19H,3-4,7-9,11-13H2. The van der Waals surface area contributed by atoms with Crippen molar-refractivity contribution in [1.29, 1.82) is 5.26 Å². The molecule has 1 aromatic rings. The molecule has 0 aromatic heterocycles. The first-order valence-corrected chi connectivity index (χ1v) is 7.79. The zero-order valence-electron chi connectivity index (χ0n) is 12.0. The molecule has 1 aliphatic heterocycles. The molecule has 3 nitrogen and oxygen atoms in total. The van der Waals surface area contributed by atoms with E-state index in [9.17, 15) is 5.26 Å². The van der Waals surface area contributed by atoms with Crippen LogP contribution in [0.2, 0.25) is 0 Å². The van der Waals surface area contributed by atoms with Crippen molar-refractivity contribution in [2.45, 2.75) is 38.3 Å². The first-order chi connectivity index (χ1) is 9.85. The van der Waals surface area contributed by atoms with E-state index in [1.807, 2.05) is 18.2 Å². The van der Waals surface area contributed by atoms with Crippen LogP contribution in [-0.4, -0.2) is 30.6 Å². The molecule has 3 rings (SSSR count). The second-order valence-corrected chi connectivity index (χ2v) is 6.19. The Morgan fingerprint density at radius 3 is 2.90 bits per heavy atom. The van der Waals surface area contributed by atoms with Gasteiger partial charge in [-0.3, -0.25) is 4.90 Å². The van der Waals surface area contributed by atoms with Crippen LogP contribution < -0.4 is 5.32 Å². The van der Waals surface area contributed by atoms with Crippen LogP contribution in [0.5, 0.6) is 0 Å². The fraction of sp³-hybridized carbons (Fsp3) is 0.588. The summed E-state index contributed by atoms with van der Waals surface area (Å²) in [6, 6.07) is 11.1. The minimum Gasteiger partial charge on any atom is -0.314 e. The Hall–Kier alpha value is -1.37. The summed E-state index contributed by atoms with van der Waals surface area (Å²) in [6.45, 7) is 4.42. The summed E-state index contributed by atoms with van der Waals surface area (Å²) in [5, 5.41) is 12.8. The Morgan fingerprint density at radius 1 is 1.25 bits per heavy atom. The molecular formula is C17H23N3. The van der Waals surface area contributed by atoms with Crippen LogP contribution in [0.4, 0.5) is 0 Å². The smallest absolute Gasteiger partial charge is 0.0995 e. The number of nitriles is 1. The number of nitrogens with zero attached hydrogens (tertiary/aromatic N) is 2. The van der Waals surface area contributed by atoms with E-state index in [4.69, 9.17) is 0 Å². The molecule has 1 saturated heterocycles. The van der Waals surface area contributed by atoms with Crippen molar-refractivity contribution >= 4 is 0 Å². The summed E-state index contributed by atoms with van der Waals surface area (Å²) in [6.07, 6.45) is 5.36. The van der Waals surface area contributed by atoms with Crippen LogP contribution in [-0.2, 0) is 6.54 Å². The van der Waals surface area contributed by atoms with Gasteiger partial charge in [0.15, 0.2) is 0 Å². The minimum absolute atomic E-state index is 0.776. The molecule has 0 spiro atoms. The Morgan fingerprint density at radius 2 is 2.10 bits per heavy atom. The molecule has 1 atom stereocenters. The predicted molar refractivity (Wildman–Crippen MR) is 80.2 cm³/mol. The van der Waals surface area contributed by atoms with Crippen molar-refractivity contribution in [3.05, 3.63) is 35.4 Å². The molecule has 1 aromatic carbocycles. The first-order valence-electron chi connectivity index (χ1n) is 7.79. The Labute approximate surface area is 121 Å². The molecule has 0 bridgehead atoms. The highest BCUT2D eigenvalue weighted by Crippen LogP contribution is 2.22. The van der Waals surface area contributed by atoms with E-state index in [1.54, 1.807) is 0 Å². The summed E-state index contributed by atoms with van der Waals surface area (Å²) in [7, 11) is 0. The third-order valence-electron chi connectivity index (χ3n) is 4.41. The summed E-state index contributed by atoms with van der Waals surface area (Å²) in [5.74, 6) is 0.776. The van der Waals surface area contributed by atoms with Gasteiger partial charge in [-0.25, -0.2) is 0 Å². The van der Waals surface area contributed by atoms with Crippen molar-refractivity contribution in [2.24, 2.45) is 5.92 Å². The molecule has 1 N–H and O–H groups in total. The quantitative estimate of drug-likeness (QED) is 0.892. The van der Waals surface area contributed by atoms with Gasteiger partial charge in [0, 0.05) is 19.1 Å². The molecule has 1 aliphatic carbocycles. The van der Waals surface area contributed by atoms with Crippen molar-refractivity contribution in [2.75, 3.05) is 19.6 Å². The average Bonchev–Trinajstić information content (AvgIpc) is 3.30. The maximum atomic E-state index is 9.17. The van der Waals surface area contributed by atoms with E-state index in [1.165, 1.54) is 50.9 Å². The lowest BCUT2D eigenvalue weighted by atomic mass is 9.97. The van der Waals surface area contributed by atoms with E-state index < -0.39 is 0 Å². The van der Waals surface area contributed by atoms with E-state index >= 15 is 0 Å². The number of likely N-dealkylation sites (tertiary alicyclic amines) is 1. The van der Waals surface area contributed by atoms with Gasteiger partial charge < -0.3 is 5.32 Å². The molecule has 106 valence electrons. The minimum atomic E-state index is 0.776. The van der Waals surface area contributed by atoms with Crippen molar-refractivity contribution in [1.82, 2.24) is 10.2 Å². The second-order valence-electron chi connectivity index (χ2n) is 6.19. The van der Waals surface area contributed by atoms with Gasteiger partial charge in [0.1, 0.15) is 0 Å². The molecule has 2 fully saturated rings. The summed E-state index contributed by atoms with van der Waals surface area (Å²) >= 11 is 0. The van der Waals surface area contributed by atoms with E-state index in [0.717, 1.165) is 24.1 Å². The van der Waals surface area contributed by atoms with Crippen LogP contribution >= 0.6 is 0 Å². The molecule has 3 heteroatoms. The van der Waals surface area contributed by atoms with Gasteiger partial charge in [0.05, 0.1) is 11.6 Å². The number of nitrogens with one attached hydrogen (secondary N) is 1. The lowest BCUT2D eigenvalue weighted by Crippen LogP contribution is -2.39. The zero-order valence-corrected chi connectivity index (χ0v) is 12.0. The maximum absolute atomic E-state index is 9.17. The second kappa shape index (κ2) is 6.39. The van der Waals surface area contributed by atoms with Crippen LogP contribution in [0, 0.1) is 17.2 Å². The van der Waals surface area contributed by atoms with E-state index in [-0.39, 0.29) is 0 Å². The first kappa shape index (κ1) is 13.6. The fourth-order valence-corrected chi connectivity index (χ4v) is 3.09. The molecule has 2 aliphatic rings. The Bertz CT molecular complexity index is 487. The highest BCUT2D eigenvalue weighted by molar-refractivity contribution is 5.37. The van der Waals surface area contributed by atoms with Crippen molar-refractivity contribution in [3.8, 4) is 6.07 Å². The summed E-state index contributed by atoms with van der Waals surface area (Å²) < 4.78 is 0. The third kappa shape index (κ3) is 3.59. The van der Waals surface area contributed by atoms with Crippen LogP contribution in [0.3, 0.4) is 0 Å². The number of rotatable bonds is 5. The van der Waals surface area contributed by atoms with Gasteiger partial charge in [-0.2, -0.15) is 5.26 Å². The lowest BCUT2D eigenvalue weighted by Gasteiger charge is -2.33. The highest BCUT2D eigenvalue weighted by atomic mass is 15.1. The van der Waals surface area contributed by atoms with Crippen LogP contribution in [0.1, 0.15) is 36.8 Å². The number of hydrogen-bond donors (Lipinski definition) is 1. The monoisotopic (exact) mass is 269 g/mol. The van der Waals surface area contributed by atoms with Crippen LogP contribution in [0.15, 0.2) is 24.3 Å². The largest absolute Gasteiger partial charge is 0.314 e. The van der Waals surface area contributed by atoms with E-state index in [0.29, 0.717) is 0 Å². The van der Waals surface area contributed by atoms with Gasteiger partial charge >= 0.3 is 0 Å². The average molecular weight is 269 g/mol. The lowest BCUT2D eigenvalue weighted by molar-refractivity contribution is 0.165. The third-order valence-corrected chi connectivity index (χ3v) is 4.41. The molecule has 1 heterocycles. The number of hydrogen-bond acceptors (Lipinski definition) is 3. The SMILES string of the molecule is N#Cc1ccccc1CN1CCCC(CNC2CC2)C1. The van der Waals surface area contributed by atoms with Gasteiger partial charge in [-0.1, -0.05) is 18.2 Å². The zero-order chi connectivity index (χ0) is 13.8. The van der Waals surface area contributed by atoms with Gasteiger partial charge in [0.25, 0.3) is 0 Å². The maximum Gasteiger partial charge on any atom is 0.0995 e.